The lowest BCUT2D eigenvalue weighted by molar-refractivity contribution is -0.123. The van der Waals surface area contributed by atoms with Crippen molar-refractivity contribution in [1.29, 1.82) is 0 Å². The largest absolute Gasteiger partial charge is 0.342 e. The van der Waals surface area contributed by atoms with Crippen LogP contribution in [0.15, 0.2) is 30.3 Å². The summed E-state index contributed by atoms with van der Waals surface area (Å²) >= 11 is 0. The highest BCUT2D eigenvalue weighted by Gasteiger charge is 2.47. The predicted molar refractivity (Wildman–Crippen MR) is 63.5 cm³/mol. The summed E-state index contributed by atoms with van der Waals surface area (Å²) in [5, 5.41) is 2.89. The summed E-state index contributed by atoms with van der Waals surface area (Å²) in [6.45, 7) is 0. The monoisotopic (exact) mass is 229 g/mol. The van der Waals surface area contributed by atoms with Crippen molar-refractivity contribution in [3.8, 4) is 0 Å². The second-order valence-electron chi connectivity index (χ2n) is 4.99. The maximum atomic E-state index is 12.0. The van der Waals surface area contributed by atoms with Crippen molar-refractivity contribution in [2.45, 2.75) is 25.3 Å². The first kappa shape index (κ1) is 10.5. The van der Waals surface area contributed by atoms with Crippen LogP contribution >= 0.6 is 0 Å². The van der Waals surface area contributed by atoms with Crippen LogP contribution < -0.4 is 5.32 Å². The third-order valence-electron chi connectivity index (χ3n) is 3.98. The molecule has 88 valence electrons. The Morgan fingerprint density at radius 3 is 2.59 bits per heavy atom. The van der Waals surface area contributed by atoms with Gasteiger partial charge in [-0.1, -0.05) is 18.2 Å². The number of hydrogen-bond acceptors (Lipinski definition) is 2. The van der Waals surface area contributed by atoms with Crippen molar-refractivity contribution in [3.63, 3.8) is 0 Å². The summed E-state index contributed by atoms with van der Waals surface area (Å²) in [4.78, 5) is 23.9. The number of ketones is 1. The molecule has 2 aliphatic rings. The first-order valence-corrected chi connectivity index (χ1v) is 6.15. The number of nitrogens with one attached hydrogen (secondary N) is 1. The lowest BCUT2D eigenvalue weighted by Crippen LogP contribution is -2.44. The van der Waals surface area contributed by atoms with E-state index in [0.29, 0.717) is 11.5 Å². The molecule has 0 saturated heterocycles. The van der Waals surface area contributed by atoms with E-state index < -0.39 is 0 Å². The van der Waals surface area contributed by atoms with Gasteiger partial charge in [0.05, 0.1) is 6.04 Å². The molecule has 1 aromatic rings. The fourth-order valence-corrected chi connectivity index (χ4v) is 3.07. The van der Waals surface area contributed by atoms with Crippen molar-refractivity contribution in [2.75, 3.05) is 0 Å². The van der Waals surface area contributed by atoms with E-state index in [1.54, 1.807) is 12.1 Å². The van der Waals surface area contributed by atoms with Crippen molar-refractivity contribution < 1.29 is 9.59 Å². The average Bonchev–Trinajstić information content (AvgIpc) is 2.94. The highest BCUT2D eigenvalue weighted by atomic mass is 16.2. The minimum Gasteiger partial charge on any atom is -0.342 e. The van der Waals surface area contributed by atoms with Crippen LogP contribution in [0.4, 0.5) is 0 Å². The molecule has 3 nitrogen and oxygen atoms in total. The van der Waals surface area contributed by atoms with Crippen LogP contribution in [0.2, 0.25) is 0 Å². The number of hydrogen-bond donors (Lipinski definition) is 1. The molecular weight excluding hydrogens is 214 g/mol. The Kier molecular flexibility index (Phi) is 2.46. The summed E-state index contributed by atoms with van der Waals surface area (Å²) in [5.74, 6) is 0.697. The number of carbonyl (C=O) groups excluding carboxylic acids is 2. The summed E-state index contributed by atoms with van der Waals surface area (Å²) in [6.07, 6.45) is 3.07. The van der Waals surface area contributed by atoms with Crippen LogP contribution in [0, 0.1) is 11.8 Å². The number of benzene rings is 1. The predicted octanol–water partition coefficient (Wildman–Crippen LogP) is 1.78. The van der Waals surface area contributed by atoms with Gasteiger partial charge in [-0.15, -0.1) is 0 Å². The van der Waals surface area contributed by atoms with E-state index in [1.165, 1.54) is 0 Å². The minimum atomic E-state index is -0.235. The third-order valence-corrected chi connectivity index (χ3v) is 3.98. The van der Waals surface area contributed by atoms with Gasteiger partial charge >= 0.3 is 0 Å². The van der Waals surface area contributed by atoms with Gasteiger partial charge in [0.1, 0.15) is 0 Å². The molecule has 2 saturated carbocycles. The molecule has 0 radical (unpaired) electrons. The van der Waals surface area contributed by atoms with E-state index in [1.807, 2.05) is 18.2 Å². The second-order valence-corrected chi connectivity index (χ2v) is 4.99. The molecule has 0 aromatic heterocycles. The van der Waals surface area contributed by atoms with E-state index in [2.05, 4.69) is 5.32 Å². The Balaban J connectivity index is 1.72. The van der Waals surface area contributed by atoms with Crippen molar-refractivity contribution in [1.82, 2.24) is 5.32 Å². The molecule has 2 aliphatic carbocycles. The van der Waals surface area contributed by atoms with E-state index in [9.17, 15) is 9.59 Å². The molecule has 2 bridgehead atoms. The highest BCUT2D eigenvalue weighted by molar-refractivity contribution is 5.99. The molecule has 0 aliphatic heterocycles. The van der Waals surface area contributed by atoms with Crippen LogP contribution in [-0.4, -0.2) is 17.7 Å². The molecule has 1 amide bonds. The van der Waals surface area contributed by atoms with Crippen LogP contribution in [-0.2, 0) is 4.79 Å². The molecule has 1 N–H and O–H groups in total. The maximum Gasteiger partial charge on any atom is 0.251 e. The number of Topliss-reactive ketones (excluding diaryl/α,β-unsaturated/α-hetero) is 1. The minimum absolute atomic E-state index is 0.128. The van der Waals surface area contributed by atoms with Gasteiger partial charge in [0.25, 0.3) is 5.91 Å². The van der Waals surface area contributed by atoms with Gasteiger partial charge in [-0.25, -0.2) is 0 Å². The van der Waals surface area contributed by atoms with E-state index >= 15 is 0 Å². The highest BCUT2D eigenvalue weighted by Crippen LogP contribution is 2.42. The van der Waals surface area contributed by atoms with Crippen molar-refractivity contribution in [2.24, 2.45) is 11.8 Å². The van der Waals surface area contributed by atoms with Gasteiger partial charge in [0.15, 0.2) is 5.78 Å². The van der Waals surface area contributed by atoms with Crippen LogP contribution in [0.5, 0.6) is 0 Å². The Hall–Kier alpha value is -1.64. The second kappa shape index (κ2) is 3.99. The topological polar surface area (TPSA) is 46.2 Å². The Labute approximate surface area is 100 Å². The smallest absolute Gasteiger partial charge is 0.251 e. The average molecular weight is 229 g/mol. The quantitative estimate of drug-likeness (QED) is 0.840. The zero-order valence-corrected chi connectivity index (χ0v) is 9.56. The van der Waals surface area contributed by atoms with E-state index in [4.69, 9.17) is 0 Å². The number of fused-ring (bicyclic) bond motifs is 2. The fourth-order valence-electron chi connectivity index (χ4n) is 3.07. The van der Waals surface area contributed by atoms with Gasteiger partial charge in [-0.05, 0) is 37.3 Å². The molecule has 0 spiro atoms. The van der Waals surface area contributed by atoms with Gasteiger partial charge in [-0.2, -0.15) is 0 Å². The SMILES string of the molecule is O=C(N[C@@H]1C(=O)[C@H]2CC[C@@H]1C2)c1ccccc1. The van der Waals surface area contributed by atoms with E-state index in [-0.39, 0.29) is 23.7 Å². The Morgan fingerprint density at radius 2 is 1.94 bits per heavy atom. The van der Waals surface area contributed by atoms with E-state index in [0.717, 1.165) is 19.3 Å². The first-order chi connectivity index (χ1) is 8.25. The molecule has 2 fully saturated rings. The molecule has 3 atom stereocenters. The zero-order chi connectivity index (χ0) is 11.8. The normalized spacial score (nSPS) is 30.6. The van der Waals surface area contributed by atoms with Crippen molar-refractivity contribution >= 4 is 11.7 Å². The summed E-state index contributed by atoms with van der Waals surface area (Å²) < 4.78 is 0. The fraction of sp³-hybridized carbons (Fsp3) is 0.429. The molecule has 3 heteroatoms. The number of rotatable bonds is 2. The van der Waals surface area contributed by atoms with Gasteiger partial charge in [-0.3, -0.25) is 9.59 Å². The first-order valence-electron chi connectivity index (χ1n) is 6.15. The summed E-state index contributed by atoms with van der Waals surface area (Å²) in [5.41, 5.74) is 0.628. The lowest BCUT2D eigenvalue weighted by atomic mass is 9.94. The molecule has 1 aromatic carbocycles. The molecular formula is C14H15NO2. The van der Waals surface area contributed by atoms with Crippen LogP contribution in [0.1, 0.15) is 29.6 Å². The lowest BCUT2D eigenvalue weighted by Gasteiger charge is -2.21. The maximum absolute atomic E-state index is 12.0. The van der Waals surface area contributed by atoms with Crippen LogP contribution in [0.3, 0.4) is 0 Å². The van der Waals surface area contributed by atoms with Gasteiger partial charge in [0.2, 0.25) is 0 Å². The number of carbonyl (C=O) groups is 2. The van der Waals surface area contributed by atoms with Crippen LogP contribution in [0.25, 0.3) is 0 Å². The standard InChI is InChI=1S/C14H15NO2/c16-13-11-7-6-10(8-11)12(13)15-14(17)9-4-2-1-3-5-9/h1-5,10-12H,6-8H2,(H,15,17)/t10-,11+,12+/m1/s1. The molecule has 0 unspecified atom stereocenters. The summed E-state index contributed by atoms with van der Waals surface area (Å²) in [6, 6.07) is 8.84. The summed E-state index contributed by atoms with van der Waals surface area (Å²) in [7, 11) is 0. The molecule has 0 heterocycles. The van der Waals surface area contributed by atoms with Gasteiger partial charge < -0.3 is 5.32 Å². The Morgan fingerprint density at radius 1 is 1.18 bits per heavy atom. The van der Waals surface area contributed by atoms with Crippen molar-refractivity contribution in [3.05, 3.63) is 35.9 Å². The third kappa shape index (κ3) is 1.75. The van der Waals surface area contributed by atoms with Gasteiger partial charge in [0, 0.05) is 11.5 Å². The number of amides is 1. The Bertz CT molecular complexity index is 455. The molecule has 3 rings (SSSR count). The zero-order valence-electron chi connectivity index (χ0n) is 9.56. The molecule has 17 heavy (non-hydrogen) atoms.